The van der Waals surface area contributed by atoms with Crippen LogP contribution in [0.1, 0.15) is 11.1 Å². The Morgan fingerprint density at radius 2 is 1.57 bits per heavy atom. The van der Waals surface area contributed by atoms with Gasteiger partial charge in [0.05, 0.1) is 4.90 Å². The zero-order valence-electron chi connectivity index (χ0n) is 11.9. The Hall–Kier alpha value is -2.11. The second kappa shape index (κ2) is 5.02. The zero-order valence-corrected chi connectivity index (χ0v) is 12.7. The van der Waals surface area contributed by atoms with Crippen LogP contribution in [0.2, 0.25) is 0 Å². The lowest BCUT2D eigenvalue weighted by atomic mass is 10.1. The summed E-state index contributed by atoms with van der Waals surface area (Å²) in [5.41, 5.74) is 3.79. The summed E-state index contributed by atoms with van der Waals surface area (Å²) in [4.78, 5) is 0.284. The first kappa shape index (κ1) is 13.9. The van der Waals surface area contributed by atoms with Gasteiger partial charge in [0.15, 0.2) is 0 Å². The minimum atomic E-state index is -3.43. The highest BCUT2D eigenvalue weighted by Crippen LogP contribution is 2.32. The molecule has 1 aliphatic heterocycles. The largest absolute Gasteiger partial charge is 0.355 e. The van der Waals surface area contributed by atoms with Gasteiger partial charge in [0.25, 0.3) is 0 Å². The molecule has 3 rings (SSSR count). The summed E-state index contributed by atoms with van der Waals surface area (Å²) in [7, 11) is -0.368. The number of para-hydroxylation sites is 1. The van der Waals surface area contributed by atoms with Gasteiger partial charge < -0.3 is 5.32 Å². The maximum absolute atomic E-state index is 12.2. The first-order valence-electron chi connectivity index (χ1n) is 6.59. The van der Waals surface area contributed by atoms with E-state index in [2.05, 4.69) is 5.32 Å². The lowest BCUT2D eigenvalue weighted by molar-refractivity contribution is 0.521. The van der Waals surface area contributed by atoms with Crippen LogP contribution in [0.15, 0.2) is 47.4 Å². The molecule has 0 spiro atoms. The number of fused-ring (bicyclic) bond motifs is 2. The summed E-state index contributed by atoms with van der Waals surface area (Å²) in [6, 6.07) is 13.0. The predicted octanol–water partition coefficient (Wildman–Crippen LogP) is 3.16. The number of sulfonamides is 1. The summed E-state index contributed by atoms with van der Waals surface area (Å²) >= 11 is 0. The van der Waals surface area contributed by atoms with Crippen molar-refractivity contribution in [3.05, 3.63) is 53.6 Å². The van der Waals surface area contributed by atoms with Crippen LogP contribution in [-0.2, 0) is 10.0 Å². The Kier molecular flexibility index (Phi) is 3.31. The number of hydrogen-bond acceptors (Lipinski definition) is 3. The number of hydrogen-bond donors (Lipinski definition) is 1. The molecule has 5 heteroatoms. The van der Waals surface area contributed by atoms with E-state index >= 15 is 0 Å². The van der Waals surface area contributed by atoms with Gasteiger partial charge in [-0.25, -0.2) is 12.7 Å². The molecular formula is C16H16N2O2S. The van der Waals surface area contributed by atoms with E-state index < -0.39 is 10.0 Å². The maximum atomic E-state index is 12.2. The molecule has 0 fully saturated rings. The van der Waals surface area contributed by atoms with Crippen molar-refractivity contribution in [2.24, 2.45) is 0 Å². The molecule has 0 saturated carbocycles. The fourth-order valence-electron chi connectivity index (χ4n) is 2.24. The van der Waals surface area contributed by atoms with E-state index in [4.69, 9.17) is 0 Å². The van der Waals surface area contributed by atoms with Gasteiger partial charge in [0.1, 0.15) is 0 Å². The summed E-state index contributed by atoms with van der Waals surface area (Å²) in [5, 5.41) is 3.31. The van der Waals surface area contributed by atoms with Crippen LogP contribution in [0.5, 0.6) is 0 Å². The molecule has 0 atom stereocenters. The Labute approximate surface area is 124 Å². The molecule has 0 radical (unpaired) electrons. The average molecular weight is 300 g/mol. The van der Waals surface area contributed by atoms with Crippen LogP contribution >= 0.6 is 0 Å². The monoisotopic (exact) mass is 300 g/mol. The molecule has 4 nitrogen and oxygen atoms in total. The van der Waals surface area contributed by atoms with E-state index in [1.807, 2.05) is 42.5 Å². The Morgan fingerprint density at radius 1 is 0.905 bits per heavy atom. The lowest BCUT2D eigenvalue weighted by Gasteiger charge is -2.14. The smallest absolute Gasteiger partial charge is 0.242 e. The first-order valence-corrected chi connectivity index (χ1v) is 8.03. The van der Waals surface area contributed by atoms with Crippen molar-refractivity contribution in [1.29, 1.82) is 0 Å². The molecule has 0 saturated heterocycles. The molecule has 1 heterocycles. The summed E-state index contributed by atoms with van der Waals surface area (Å²) in [6.45, 7) is 0. The van der Waals surface area contributed by atoms with Crippen LogP contribution in [-0.4, -0.2) is 26.8 Å². The minimum Gasteiger partial charge on any atom is -0.355 e. The fourth-order valence-corrected chi connectivity index (χ4v) is 3.17. The van der Waals surface area contributed by atoms with Gasteiger partial charge in [0, 0.05) is 25.5 Å². The van der Waals surface area contributed by atoms with Crippen LogP contribution in [0.3, 0.4) is 0 Å². The first-order chi connectivity index (χ1) is 9.98. The van der Waals surface area contributed by atoms with Gasteiger partial charge in [-0.1, -0.05) is 36.4 Å². The molecule has 21 heavy (non-hydrogen) atoms. The van der Waals surface area contributed by atoms with E-state index in [1.54, 1.807) is 12.1 Å². The van der Waals surface area contributed by atoms with Crippen LogP contribution in [0, 0.1) is 0 Å². The van der Waals surface area contributed by atoms with E-state index in [0.29, 0.717) is 0 Å². The quantitative estimate of drug-likeness (QED) is 0.791. The van der Waals surface area contributed by atoms with Crippen molar-refractivity contribution in [2.75, 3.05) is 19.4 Å². The van der Waals surface area contributed by atoms with E-state index in [-0.39, 0.29) is 4.90 Å². The molecule has 1 aliphatic rings. The van der Waals surface area contributed by atoms with Crippen molar-refractivity contribution >= 4 is 33.6 Å². The van der Waals surface area contributed by atoms with Crippen molar-refractivity contribution in [3.8, 4) is 0 Å². The maximum Gasteiger partial charge on any atom is 0.242 e. The Balaban J connectivity index is 2.11. The van der Waals surface area contributed by atoms with Crippen LogP contribution in [0.25, 0.3) is 12.2 Å². The third kappa shape index (κ3) is 2.46. The molecule has 2 aromatic carbocycles. The zero-order chi connectivity index (χ0) is 15.0. The second-order valence-corrected chi connectivity index (χ2v) is 7.23. The van der Waals surface area contributed by atoms with Crippen molar-refractivity contribution < 1.29 is 8.42 Å². The van der Waals surface area contributed by atoms with E-state index in [9.17, 15) is 8.42 Å². The summed E-state index contributed by atoms with van der Waals surface area (Å²) < 4.78 is 25.7. The molecule has 1 N–H and O–H groups in total. The molecule has 2 aromatic rings. The summed E-state index contributed by atoms with van der Waals surface area (Å²) in [6.07, 6.45) is 4.01. The molecule has 0 aliphatic carbocycles. The van der Waals surface area contributed by atoms with Gasteiger partial charge in [-0.05, 0) is 29.3 Å². The highest BCUT2D eigenvalue weighted by molar-refractivity contribution is 7.89. The molecule has 0 aromatic heterocycles. The Bertz CT molecular complexity index is 824. The number of nitrogens with zero attached hydrogens (tertiary/aromatic N) is 1. The van der Waals surface area contributed by atoms with Crippen LogP contribution < -0.4 is 5.32 Å². The number of benzene rings is 2. The van der Waals surface area contributed by atoms with Gasteiger partial charge in [-0.15, -0.1) is 0 Å². The van der Waals surface area contributed by atoms with Gasteiger partial charge in [-0.3, -0.25) is 0 Å². The van der Waals surface area contributed by atoms with Gasteiger partial charge in [0.2, 0.25) is 10.0 Å². The lowest BCUT2D eigenvalue weighted by Crippen LogP contribution is -2.22. The molecule has 0 bridgehead atoms. The fraction of sp³-hybridized carbons (Fsp3) is 0.125. The van der Waals surface area contributed by atoms with Gasteiger partial charge in [-0.2, -0.15) is 0 Å². The SMILES string of the molecule is CN(C)S(=O)(=O)c1ccc2c(c1)Nc1ccccc1C=C2. The third-order valence-corrected chi connectivity index (χ3v) is 5.29. The van der Waals surface area contributed by atoms with Crippen LogP contribution in [0.4, 0.5) is 11.4 Å². The number of anilines is 2. The Morgan fingerprint density at radius 3 is 2.29 bits per heavy atom. The summed E-state index contributed by atoms with van der Waals surface area (Å²) in [5.74, 6) is 0. The molecule has 0 unspecified atom stereocenters. The minimum absolute atomic E-state index is 0.284. The van der Waals surface area contributed by atoms with Gasteiger partial charge >= 0.3 is 0 Å². The molecule has 0 amide bonds. The predicted molar refractivity (Wildman–Crippen MR) is 86.0 cm³/mol. The van der Waals surface area contributed by atoms with E-state index in [1.165, 1.54) is 18.4 Å². The molecular weight excluding hydrogens is 284 g/mol. The average Bonchev–Trinajstić information content (AvgIpc) is 2.65. The third-order valence-electron chi connectivity index (χ3n) is 3.48. The van der Waals surface area contributed by atoms with Crippen molar-refractivity contribution in [1.82, 2.24) is 4.31 Å². The highest BCUT2D eigenvalue weighted by atomic mass is 32.2. The van der Waals surface area contributed by atoms with E-state index in [0.717, 1.165) is 22.5 Å². The topological polar surface area (TPSA) is 49.4 Å². The normalized spacial score (nSPS) is 13.3. The number of nitrogens with one attached hydrogen (secondary N) is 1. The highest BCUT2D eigenvalue weighted by Gasteiger charge is 2.19. The second-order valence-electron chi connectivity index (χ2n) is 5.08. The standard InChI is InChI=1S/C16H16N2O2S/c1-18(2)21(19,20)14-10-9-13-8-7-12-5-3-4-6-15(12)17-16(13)11-14/h3-11,17H,1-2H3. The van der Waals surface area contributed by atoms with Crippen molar-refractivity contribution in [3.63, 3.8) is 0 Å². The molecule has 108 valence electrons. The number of rotatable bonds is 2. The van der Waals surface area contributed by atoms with Crippen molar-refractivity contribution in [2.45, 2.75) is 4.90 Å².